The Bertz CT molecular complexity index is 965. The molecule has 3 atom stereocenters. The molecule has 8 heteroatoms. The number of rotatable bonds is 5. The Kier molecular flexibility index (Phi) is 5.67. The van der Waals surface area contributed by atoms with Gasteiger partial charge in [-0.25, -0.2) is 0 Å². The van der Waals surface area contributed by atoms with Crippen molar-refractivity contribution in [1.29, 1.82) is 0 Å². The summed E-state index contributed by atoms with van der Waals surface area (Å²) >= 11 is 1.84. The molecular formula is C23H28N4O3S. The number of fused-ring (bicyclic) bond motifs is 1. The molecule has 3 aliphatic rings. The Labute approximate surface area is 187 Å². The van der Waals surface area contributed by atoms with Gasteiger partial charge in [0.1, 0.15) is 17.5 Å². The van der Waals surface area contributed by atoms with Gasteiger partial charge in [-0.1, -0.05) is 24.8 Å². The lowest BCUT2D eigenvalue weighted by Crippen LogP contribution is -2.36. The summed E-state index contributed by atoms with van der Waals surface area (Å²) in [6, 6.07) is 10.2. The van der Waals surface area contributed by atoms with Crippen molar-refractivity contribution in [3.8, 4) is 11.5 Å². The first-order valence-electron chi connectivity index (χ1n) is 10.7. The summed E-state index contributed by atoms with van der Waals surface area (Å²) in [5.41, 5.74) is 3.10. The molecule has 0 aliphatic carbocycles. The number of thioether (sulfide) groups is 1. The number of aromatic nitrogens is 1. The number of methoxy groups -OCH3 is 2. The minimum Gasteiger partial charge on any atom is -0.496 e. The molecule has 31 heavy (non-hydrogen) atoms. The Balaban J connectivity index is 1.59. The van der Waals surface area contributed by atoms with Crippen molar-refractivity contribution in [2.75, 3.05) is 52.0 Å². The van der Waals surface area contributed by atoms with E-state index in [0.717, 1.165) is 66.5 Å². The summed E-state index contributed by atoms with van der Waals surface area (Å²) in [5.74, 6) is 1.71. The third-order valence-electron chi connectivity index (χ3n) is 6.08. The lowest BCUT2D eigenvalue weighted by molar-refractivity contribution is 0.122. The maximum Gasteiger partial charge on any atom is 0.160 e. The van der Waals surface area contributed by atoms with Crippen molar-refractivity contribution in [3.63, 3.8) is 0 Å². The highest BCUT2D eigenvalue weighted by Crippen LogP contribution is 2.51. The third-order valence-corrected chi connectivity index (χ3v) is 7.19. The minimum absolute atomic E-state index is 0.0185. The molecule has 0 spiro atoms. The van der Waals surface area contributed by atoms with Gasteiger partial charge in [0, 0.05) is 42.7 Å². The van der Waals surface area contributed by atoms with Crippen LogP contribution >= 0.6 is 11.8 Å². The van der Waals surface area contributed by atoms with E-state index in [1.54, 1.807) is 14.2 Å². The second-order valence-corrected chi connectivity index (χ2v) is 9.41. The summed E-state index contributed by atoms with van der Waals surface area (Å²) in [7, 11) is 3.47. The minimum atomic E-state index is -0.0796. The molecule has 0 bridgehead atoms. The van der Waals surface area contributed by atoms with Gasteiger partial charge in [-0.05, 0) is 18.2 Å². The van der Waals surface area contributed by atoms with Crippen LogP contribution in [-0.4, -0.2) is 67.4 Å². The van der Waals surface area contributed by atoms with Gasteiger partial charge >= 0.3 is 0 Å². The van der Waals surface area contributed by atoms with E-state index in [9.17, 15) is 0 Å². The number of nitrogens with zero attached hydrogens (tertiary/aromatic N) is 4. The number of anilines is 1. The van der Waals surface area contributed by atoms with Gasteiger partial charge in [-0.3, -0.25) is 9.98 Å². The topological polar surface area (TPSA) is 59.4 Å². The number of benzene rings is 1. The Morgan fingerprint density at radius 2 is 1.90 bits per heavy atom. The van der Waals surface area contributed by atoms with E-state index in [1.165, 1.54) is 0 Å². The average Bonchev–Trinajstić information content (AvgIpc) is 3.35. The van der Waals surface area contributed by atoms with Crippen LogP contribution in [0.5, 0.6) is 11.5 Å². The molecule has 1 aromatic carbocycles. The molecule has 2 fully saturated rings. The summed E-state index contributed by atoms with van der Waals surface area (Å²) < 4.78 is 17.3. The number of pyridine rings is 1. The molecule has 4 heterocycles. The largest absolute Gasteiger partial charge is 0.496 e. The van der Waals surface area contributed by atoms with E-state index in [2.05, 4.69) is 39.9 Å². The van der Waals surface area contributed by atoms with Gasteiger partial charge in [0.15, 0.2) is 5.17 Å². The van der Waals surface area contributed by atoms with E-state index in [1.807, 2.05) is 30.1 Å². The van der Waals surface area contributed by atoms with Gasteiger partial charge in [0.05, 0.1) is 44.9 Å². The monoisotopic (exact) mass is 440 g/mol. The molecule has 2 saturated heterocycles. The van der Waals surface area contributed by atoms with Crippen molar-refractivity contribution in [3.05, 3.63) is 47.8 Å². The standard InChI is InChI=1S/C23H28N4O3S/c1-15-14-27-22(21(25-23(27)31-15)17-6-4-5-7-24-17)16-12-20(29-3)18(13-19(16)28-2)26-8-10-30-11-9-26/h4-7,12-13,15,21-22H,8-11,14H2,1-3H3. The van der Waals surface area contributed by atoms with Gasteiger partial charge in [0.2, 0.25) is 0 Å². The fourth-order valence-corrected chi connectivity index (χ4v) is 5.73. The van der Waals surface area contributed by atoms with Crippen LogP contribution in [0.4, 0.5) is 5.69 Å². The van der Waals surface area contributed by atoms with Crippen LogP contribution in [0.1, 0.15) is 30.3 Å². The lowest BCUT2D eigenvalue weighted by atomic mass is 9.94. The molecule has 1 aromatic heterocycles. The first-order valence-corrected chi connectivity index (χ1v) is 11.6. The highest BCUT2D eigenvalue weighted by molar-refractivity contribution is 8.14. The van der Waals surface area contributed by atoms with Crippen molar-refractivity contribution >= 4 is 22.6 Å². The Morgan fingerprint density at radius 3 is 2.61 bits per heavy atom. The van der Waals surface area contributed by atoms with Crippen LogP contribution < -0.4 is 14.4 Å². The van der Waals surface area contributed by atoms with Crippen LogP contribution in [0.2, 0.25) is 0 Å². The zero-order valence-corrected chi connectivity index (χ0v) is 19.0. The van der Waals surface area contributed by atoms with Crippen LogP contribution in [0.3, 0.4) is 0 Å². The first kappa shape index (κ1) is 20.5. The fourth-order valence-electron chi connectivity index (χ4n) is 4.64. The van der Waals surface area contributed by atoms with Gasteiger partial charge in [0.25, 0.3) is 0 Å². The van der Waals surface area contributed by atoms with E-state index in [4.69, 9.17) is 19.2 Å². The summed E-state index contributed by atoms with van der Waals surface area (Å²) in [5, 5.41) is 1.60. The number of hydrogen-bond acceptors (Lipinski definition) is 8. The van der Waals surface area contributed by atoms with Crippen molar-refractivity contribution < 1.29 is 14.2 Å². The van der Waals surface area contributed by atoms with Crippen LogP contribution in [0.15, 0.2) is 41.5 Å². The van der Waals surface area contributed by atoms with Gasteiger partial charge in [-0.2, -0.15) is 0 Å². The molecule has 3 aliphatic heterocycles. The summed E-state index contributed by atoms with van der Waals surface area (Å²) in [4.78, 5) is 14.4. The Hall–Kier alpha value is -2.45. The fraction of sp³-hybridized carbons (Fsp3) is 0.478. The molecule has 0 amide bonds. The average molecular weight is 441 g/mol. The molecule has 164 valence electrons. The highest BCUT2D eigenvalue weighted by atomic mass is 32.2. The maximum absolute atomic E-state index is 5.93. The van der Waals surface area contributed by atoms with Crippen LogP contribution in [0.25, 0.3) is 0 Å². The maximum atomic E-state index is 5.93. The second kappa shape index (κ2) is 8.59. The van der Waals surface area contributed by atoms with E-state index in [0.29, 0.717) is 5.25 Å². The highest BCUT2D eigenvalue weighted by Gasteiger charge is 2.45. The number of hydrogen-bond donors (Lipinski definition) is 0. The lowest BCUT2D eigenvalue weighted by Gasteiger charge is -2.33. The predicted octanol–water partition coefficient (Wildman–Crippen LogP) is 3.52. The van der Waals surface area contributed by atoms with E-state index < -0.39 is 0 Å². The molecule has 0 saturated carbocycles. The third kappa shape index (κ3) is 3.72. The molecule has 2 aromatic rings. The SMILES string of the molecule is COc1cc(N2CCOCC2)c(OC)cc1C1C(c2ccccn2)N=C2SC(C)CN21. The zero-order valence-electron chi connectivity index (χ0n) is 18.2. The molecule has 7 nitrogen and oxygen atoms in total. The van der Waals surface area contributed by atoms with Crippen molar-refractivity contribution in [2.45, 2.75) is 24.3 Å². The first-order chi connectivity index (χ1) is 15.2. The molecule has 3 unspecified atom stereocenters. The second-order valence-electron chi connectivity index (χ2n) is 8.00. The summed E-state index contributed by atoms with van der Waals surface area (Å²) in [6.45, 7) is 6.32. The predicted molar refractivity (Wildman–Crippen MR) is 123 cm³/mol. The van der Waals surface area contributed by atoms with Crippen LogP contribution in [-0.2, 0) is 4.74 Å². The number of morpholine rings is 1. The van der Waals surface area contributed by atoms with Crippen LogP contribution in [0, 0.1) is 0 Å². The number of ether oxygens (including phenoxy) is 3. The van der Waals surface area contributed by atoms with E-state index in [-0.39, 0.29) is 12.1 Å². The molecule has 5 rings (SSSR count). The smallest absolute Gasteiger partial charge is 0.160 e. The quantitative estimate of drug-likeness (QED) is 0.705. The van der Waals surface area contributed by atoms with Gasteiger partial charge < -0.3 is 24.0 Å². The summed E-state index contributed by atoms with van der Waals surface area (Å²) in [6.07, 6.45) is 1.84. The Morgan fingerprint density at radius 1 is 1.10 bits per heavy atom. The molecule has 0 N–H and O–H groups in total. The van der Waals surface area contributed by atoms with Crippen molar-refractivity contribution in [2.24, 2.45) is 4.99 Å². The number of amidine groups is 1. The normalized spacial score (nSPS) is 25.4. The van der Waals surface area contributed by atoms with Crippen molar-refractivity contribution in [1.82, 2.24) is 9.88 Å². The zero-order chi connectivity index (χ0) is 21.4. The van der Waals surface area contributed by atoms with Gasteiger partial charge in [-0.15, -0.1) is 0 Å². The molecule has 0 radical (unpaired) electrons. The number of aliphatic imine (C=N–C) groups is 1. The van der Waals surface area contributed by atoms with E-state index >= 15 is 0 Å². The molecular weight excluding hydrogens is 412 g/mol.